The Labute approximate surface area is 207 Å². The number of amides is 3. The number of carbonyl (C=O) groups excluding carboxylic acids is 3. The second-order valence-corrected chi connectivity index (χ2v) is 10.4. The lowest BCUT2D eigenvalue weighted by molar-refractivity contribution is -0.143. The summed E-state index contributed by atoms with van der Waals surface area (Å²) >= 11 is 0. The van der Waals surface area contributed by atoms with Gasteiger partial charge in [0.05, 0.1) is 18.1 Å². The van der Waals surface area contributed by atoms with E-state index in [1.807, 2.05) is 66.4 Å². The third-order valence-electron chi connectivity index (χ3n) is 7.68. The molecule has 0 N–H and O–H groups in total. The van der Waals surface area contributed by atoms with Crippen molar-refractivity contribution < 1.29 is 19.1 Å². The van der Waals surface area contributed by atoms with Gasteiger partial charge in [-0.1, -0.05) is 54.6 Å². The van der Waals surface area contributed by atoms with Crippen molar-refractivity contribution in [2.75, 3.05) is 19.7 Å². The fourth-order valence-corrected chi connectivity index (χ4v) is 5.57. The molecule has 2 aliphatic heterocycles. The highest BCUT2D eigenvalue weighted by atomic mass is 16.5. The maximum Gasteiger partial charge on any atom is 0.241 e. The molecule has 35 heavy (non-hydrogen) atoms. The molecule has 3 aliphatic rings. The first-order chi connectivity index (χ1) is 17.0. The predicted octanol–water partition coefficient (Wildman–Crippen LogP) is 4.00. The van der Waals surface area contributed by atoms with E-state index in [0.29, 0.717) is 19.0 Å². The van der Waals surface area contributed by atoms with Gasteiger partial charge in [-0.05, 0) is 55.2 Å². The quantitative estimate of drug-likeness (QED) is 0.516. The van der Waals surface area contributed by atoms with E-state index < -0.39 is 5.41 Å². The molecular weight excluding hydrogens is 440 g/mol. The summed E-state index contributed by atoms with van der Waals surface area (Å²) in [5.41, 5.74) is 1.43. The van der Waals surface area contributed by atoms with Gasteiger partial charge in [-0.2, -0.15) is 0 Å². The first-order valence-electron chi connectivity index (χ1n) is 12.8. The molecular formula is C29H34N2O4. The lowest BCUT2D eigenvalue weighted by Crippen LogP contribution is -2.46. The second kappa shape index (κ2) is 9.94. The Kier molecular flexibility index (Phi) is 6.74. The van der Waals surface area contributed by atoms with Crippen molar-refractivity contribution in [3.8, 4) is 0 Å². The molecule has 3 amide bonds. The zero-order chi connectivity index (χ0) is 24.4. The molecule has 1 aliphatic carbocycles. The summed E-state index contributed by atoms with van der Waals surface area (Å²) in [6.45, 7) is 4.19. The van der Waals surface area contributed by atoms with Crippen molar-refractivity contribution in [1.29, 1.82) is 0 Å². The first kappa shape index (κ1) is 23.7. The van der Waals surface area contributed by atoms with E-state index in [2.05, 4.69) is 0 Å². The molecule has 5 rings (SSSR count). The molecule has 2 aromatic rings. The molecule has 1 saturated carbocycles. The molecule has 0 bridgehead atoms. The van der Waals surface area contributed by atoms with Crippen molar-refractivity contribution in [1.82, 2.24) is 9.80 Å². The van der Waals surface area contributed by atoms with Crippen LogP contribution < -0.4 is 0 Å². The van der Waals surface area contributed by atoms with Gasteiger partial charge in [0.2, 0.25) is 17.7 Å². The summed E-state index contributed by atoms with van der Waals surface area (Å²) < 4.78 is 5.83. The van der Waals surface area contributed by atoms with Gasteiger partial charge in [0.25, 0.3) is 0 Å². The average molecular weight is 475 g/mol. The molecule has 3 fully saturated rings. The Morgan fingerprint density at radius 3 is 2.46 bits per heavy atom. The maximum atomic E-state index is 14.0. The summed E-state index contributed by atoms with van der Waals surface area (Å²) in [4.78, 5) is 44.4. The molecule has 0 spiro atoms. The van der Waals surface area contributed by atoms with E-state index in [1.54, 1.807) is 0 Å². The van der Waals surface area contributed by atoms with Crippen molar-refractivity contribution in [2.45, 2.75) is 63.5 Å². The van der Waals surface area contributed by atoms with E-state index in [0.717, 1.165) is 49.0 Å². The van der Waals surface area contributed by atoms with E-state index >= 15 is 0 Å². The normalized spacial score (nSPS) is 24.3. The number of carbonyl (C=O) groups is 3. The Balaban J connectivity index is 1.45. The number of nitrogens with zero attached hydrogens (tertiary/aromatic N) is 2. The van der Waals surface area contributed by atoms with E-state index in [-0.39, 0.29) is 43.2 Å². The van der Waals surface area contributed by atoms with Crippen LogP contribution in [0.15, 0.2) is 54.6 Å². The summed E-state index contributed by atoms with van der Waals surface area (Å²) in [7, 11) is 0. The molecule has 2 saturated heterocycles. The highest BCUT2D eigenvalue weighted by Crippen LogP contribution is 2.42. The smallest absolute Gasteiger partial charge is 0.241 e. The van der Waals surface area contributed by atoms with Gasteiger partial charge in [-0.15, -0.1) is 0 Å². The van der Waals surface area contributed by atoms with Crippen LogP contribution in [0.5, 0.6) is 0 Å². The van der Waals surface area contributed by atoms with E-state index in [1.165, 1.54) is 4.90 Å². The van der Waals surface area contributed by atoms with Gasteiger partial charge in [-0.3, -0.25) is 19.3 Å². The van der Waals surface area contributed by atoms with Gasteiger partial charge >= 0.3 is 0 Å². The van der Waals surface area contributed by atoms with Crippen molar-refractivity contribution >= 4 is 17.7 Å². The van der Waals surface area contributed by atoms with E-state index in [9.17, 15) is 14.4 Å². The first-order valence-corrected chi connectivity index (χ1v) is 12.8. The summed E-state index contributed by atoms with van der Waals surface area (Å²) in [5.74, 6) is -0.0103. The fraction of sp³-hybridized carbons (Fsp3) is 0.483. The number of likely N-dealkylation sites (tertiary alicyclic amines) is 1. The second-order valence-electron chi connectivity index (χ2n) is 10.4. The number of hydrogen-bond acceptors (Lipinski definition) is 4. The number of imide groups is 1. The number of ether oxygens (including phenoxy) is 1. The lowest BCUT2D eigenvalue weighted by atomic mass is 9.74. The van der Waals surface area contributed by atoms with Crippen LogP contribution in [-0.2, 0) is 31.1 Å². The van der Waals surface area contributed by atoms with Crippen LogP contribution in [0.1, 0.15) is 55.2 Å². The van der Waals surface area contributed by atoms with Gasteiger partial charge < -0.3 is 9.64 Å². The monoisotopic (exact) mass is 474 g/mol. The van der Waals surface area contributed by atoms with Gasteiger partial charge in [0.1, 0.15) is 0 Å². The van der Waals surface area contributed by atoms with Gasteiger partial charge in [0, 0.05) is 32.5 Å². The SMILES string of the molecule is Cc1ccccc1[C@]1(CC(=O)N(CC2CC2)C[C@@H]2CCCO2)CC(=O)N(Cc2ccccc2)C1=O. The highest BCUT2D eigenvalue weighted by Gasteiger charge is 2.54. The number of aryl methyl sites for hydroxylation is 1. The Morgan fingerprint density at radius 1 is 1.03 bits per heavy atom. The molecule has 6 nitrogen and oxygen atoms in total. The molecule has 2 atom stereocenters. The predicted molar refractivity (Wildman–Crippen MR) is 132 cm³/mol. The Hall–Kier alpha value is -2.99. The zero-order valence-electron chi connectivity index (χ0n) is 20.4. The lowest BCUT2D eigenvalue weighted by Gasteiger charge is -2.32. The Bertz CT molecular complexity index is 1090. The third-order valence-corrected chi connectivity index (χ3v) is 7.68. The van der Waals surface area contributed by atoms with Crippen LogP contribution in [-0.4, -0.2) is 53.3 Å². The van der Waals surface area contributed by atoms with Crippen LogP contribution in [0.4, 0.5) is 0 Å². The van der Waals surface area contributed by atoms with Crippen LogP contribution in [0, 0.1) is 12.8 Å². The van der Waals surface area contributed by atoms with Crippen molar-refractivity contribution in [2.24, 2.45) is 5.92 Å². The van der Waals surface area contributed by atoms with E-state index in [4.69, 9.17) is 4.74 Å². The van der Waals surface area contributed by atoms with Crippen LogP contribution in [0.3, 0.4) is 0 Å². The molecule has 0 radical (unpaired) electrons. The summed E-state index contributed by atoms with van der Waals surface area (Å²) in [6.07, 6.45) is 4.34. The Morgan fingerprint density at radius 2 is 1.77 bits per heavy atom. The summed E-state index contributed by atoms with van der Waals surface area (Å²) in [5, 5.41) is 0. The van der Waals surface area contributed by atoms with Crippen molar-refractivity contribution in [3.05, 3.63) is 71.3 Å². The molecule has 2 aromatic carbocycles. The molecule has 2 heterocycles. The molecule has 6 heteroatoms. The van der Waals surface area contributed by atoms with Crippen molar-refractivity contribution in [3.63, 3.8) is 0 Å². The molecule has 0 unspecified atom stereocenters. The van der Waals surface area contributed by atoms with Gasteiger partial charge in [-0.25, -0.2) is 0 Å². The minimum Gasteiger partial charge on any atom is -0.376 e. The molecule has 0 aromatic heterocycles. The number of hydrogen-bond donors (Lipinski definition) is 0. The zero-order valence-corrected chi connectivity index (χ0v) is 20.4. The van der Waals surface area contributed by atoms with Crippen LogP contribution >= 0.6 is 0 Å². The number of benzene rings is 2. The van der Waals surface area contributed by atoms with Gasteiger partial charge in [0.15, 0.2) is 0 Å². The van der Waals surface area contributed by atoms with Crippen LogP contribution in [0.25, 0.3) is 0 Å². The minimum atomic E-state index is -1.17. The van der Waals surface area contributed by atoms with Crippen LogP contribution in [0.2, 0.25) is 0 Å². The standard InChI is InChI=1S/C29H34N2O4/c1-21-8-5-6-12-25(21)29(17-27(33)31(28(29)34)19-22-9-3-2-4-10-22)16-26(32)30(18-23-13-14-23)20-24-11-7-15-35-24/h2-6,8-10,12,23-24H,7,11,13-20H2,1H3/t24-,29-/m0/s1. The third kappa shape index (κ3) is 5.03. The average Bonchev–Trinajstić information content (AvgIpc) is 3.47. The summed E-state index contributed by atoms with van der Waals surface area (Å²) in [6, 6.07) is 17.2. The fourth-order valence-electron chi connectivity index (χ4n) is 5.57. The molecule has 184 valence electrons. The maximum absolute atomic E-state index is 14.0. The topological polar surface area (TPSA) is 66.9 Å². The number of rotatable bonds is 9. The minimum absolute atomic E-state index is 0.00710. The largest absolute Gasteiger partial charge is 0.376 e. The highest BCUT2D eigenvalue weighted by molar-refractivity contribution is 6.10.